The van der Waals surface area contributed by atoms with Gasteiger partial charge in [-0.2, -0.15) is 0 Å². The molecule has 138 valence electrons. The fraction of sp³-hybridized carbons (Fsp3) is 0.100. The highest BCUT2D eigenvalue weighted by Gasteiger charge is 2.06. The Kier molecular flexibility index (Phi) is 5.75. The molecule has 4 rings (SSSR count). The summed E-state index contributed by atoms with van der Waals surface area (Å²) < 4.78 is 17.6. The summed E-state index contributed by atoms with van der Waals surface area (Å²) in [5.41, 5.74) is 8.83. The van der Waals surface area contributed by atoms with Crippen LogP contribution in [-0.4, -0.2) is 23.7 Å². The molecule has 2 heterocycles. The molecular formula is C20H19N4O2S-. The molecule has 0 bridgehead atoms. The van der Waals surface area contributed by atoms with E-state index in [2.05, 4.69) is 76.4 Å². The van der Waals surface area contributed by atoms with Crippen LogP contribution in [-0.2, 0) is 11.3 Å². The number of rotatable bonds is 2. The standard InChI is InChI=1S/C20H17N3.H3NO2S/c1-13-4-3-5-17(14(13)2)15-6-8-16(9-7-15)19-12-22-20-18(23-19)10-11-21-20;1-4(2)3/h3-12H,1-2H3,(H,21,22);1H2,(H,2,3)/p-1. The van der Waals surface area contributed by atoms with Gasteiger partial charge >= 0.3 is 0 Å². The first-order chi connectivity index (χ1) is 13.0. The van der Waals surface area contributed by atoms with Crippen LogP contribution < -0.4 is 5.14 Å². The van der Waals surface area contributed by atoms with E-state index in [0.29, 0.717) is 0 Å². The van der Waals surface area contributed by atoms with E-state index < -0.39 is 11.3 Å². The predicted molar refractivity (Wildman–Crippen MR) is 107 cm³/mol. The molecule has 27 heavy (non-hydrogen) atoms. The Balaban J connectivity index is 0.000000481. The zero-order chi connectivity index (χ0) is 19.4. The minimum absolute atomic E-state index is 0.820. The van der Waals surface area contributed by atoms with Crippen molar-refractivity contribution in [1.29, 1.82) is 0 Å². The molecule has 0 amide bonds. The van der Waals surface area contributed by atoms with Crippen LogP contribution in [0.25, 0.3) is 33.5 Å². The van der Waals surface area contributed by atoms with E-state index in [9.17, 15) is 0 Å². The Bertz CT molecular complexity index is 1090. The summed E-state index contributed by atoms with van der Waals surface area (Å²) in [5.74, 6) is 0. The van der Waals surface area contributed by atoms with Gasteiger partial charge in [0.2, 0.25) is 0 Å². The Hall–Kier alpha value is -2.87. The molecule has 4 aromatic rings. The highest BCUT2D eigenvalue weighted by molar-refractivity contribution is 7.76. The monoisotopic (exact) mass is 379 g/mol. The third-order valence-corrected chi connectivity index (χ3v) is 4.36. The van der Waals surface area contributed by atoms with E-state index in [1.54, 1.807) is 0 Å². The molecule has 1 atom stereocenters. The van der Waals surface area contributed by atoms with Crippen molar-refractivity contribution in [3.8, 4) is 22.4 Å². The fourth-order valence-electron chi connectivity index (χ4n) is 2.85. The van der Waals surface area contributed by atoms with Gasteiger partial charge in [-0.05, 0) is 42.2 Å². The van der Waals surface area contributed by atoms with Gasteiger partial charge in [0, 0.05) is 23.0 Å². The van der Waals surface area contributed by atoms with Gasteiger partial charge in [0.25, 0.3) is 0 Å². The summed E-state index contributed by atoms with van der Waals surface area (Å²) in [4.78, 5) is 12.1. The topological polar surface area (TPSA) is 108 Å². The molecule has 0 radical (unpaired) electrons. The second-order valence-electron chi connectivity index (χ2n) is 6.05. The summed E-state index contributed by atoms with van der Waals surface area (Å²) in [6.07, 6.45) is 3.67. The van der Waals surface area contributed by atoms with Crippen LogP contribution in [0.5, 0.6) is 0 Å². The summed E-state index contributed by atoms with van der Waals surface area (Å²) in [5, 5.41) is 4.03. The van der Waals surface area contributed by atoms with Crippen molar-refractivity contribution >= 4 is 22.4 Å². The van der Waals surface area contributed by atoms with Gasteiger partial charge in [-0.15, -0.1) is 0 Å². The molecule has 2 aromatic carbocycles. The van der Waals surface area contributed by atoms with Crippen molar-refractivity contribution in [3.63, 3.8) is 0 Å². The smallest absolute Gasteiger partial charge is 0.156 e. The molecule has 0 spiro atoms. The highest BCUT2D eigenvalue weighted by atomic mass is 32.2. The fourth-order valence-corrected chi connectivity index (χ4v) is 2.85. The van der Waals surface area contributed by atoms with Crippen LogP contribution in [0.4, 0.5) is 0 Å². The minimum Gasteiger partial charge on any atom is -0.760 e. The van der Waals surface area contributed by atoms with Crippen LogP contribution in [0, 0.1) is 13.8 Å². The SMILES string of the molecule is Cc1cccc(-c2ccc(-c3cnc4[nH]ccc4n3)cc2)c1C.NS(=O)[O-]. The molecule has 0 aliphatic carbocycles. The van der Waals surface area contributed by atoms with Crippen LogP contribution in [0.1, 0.15) is 11.1 Å². The molecule has 0 fully saturated rings. The number of H-pyrrole nitrogens is 1. The predicted octanol–water partition coefficient (Wildman–Crippen LogP) is 3.65. The molecule has 0 saturated carbocycles. The third-order valence-electron chi connectivity index (χ3n) is 4.36. The summed E-state index contributed by atoms with van der Waals surface area (Å²) in [7, 11) is 0. The van der Waals surface area contributed by atoms with E-state index in [0.717, 1.165) is 22.4 Å². The van der Waals surface area contributed by atoms with Gasteiger partial charge in [0.15, 0.2) is 5.65 Å². The average molecular weight is 379 g/mol. The van der Waals surface area contributed by atoms with Gasteiger partial charge in [-0.3, -0.25) is 9.35 Å². The van der Waals surface area contributed by atoms with Gasteiger partial charge in [-0.25, -0.2) is 9.97 Å². The van der Waals surface area contributed by atoms with Crippen molar-refractivity contribution in [3.05, 3.63) is 72.1 Å². The lowest BCUT2D eigenvalue weighted by Gasteiger charge is -2.09. The van der Waals surface area contributed by atoms with Crippen molar-refractivity contribution < 1.29 is 8.76 Å². The Labute approximate surface area is 159 Å². The largest absolute Gasteiger partial charge is 0.760 e. The van der Waals surface area contributed by atoms with Crippen molar-refractivity contribution in [2.75, 3.05) is 0 Å². The van der Waals surface area contributed by atoms with Crippen LogP contribution in [0.2, 0.25) is 0 Å². The van der Waals surface area contributed by atoms with Crippen molar-refractivity contribution in [2.45, 2.75) is 13.8 Å². The molecule has 6 nitrogen and oxygen atoms in total. The van der Waals surface area contributed by atoms with E-state index in [1.165, 1.54) is 22.3 Å². The quantitative estimate of drug-likeness (QED) is 0.518. The first kappa shape index (κ1) is 18.9. The molecule has 3 N–H and O–H groups in total. The lowest BCUT2D eigenvalue weighted by Crippen LogP contribution is -1.97. The number of aromatic nitrogens is 3. The molecule has 7 heteroatoms. The zero-order valence-electron chi connectivity index (χ0n) is 15.0. The number of fused-ring (bicyclic) bond motifs is 1. The Morgan fingerprint density at radius 1 is 1.04 bits per heavy atom. The molecule has 2 aromatic heterocycles. The van der Waals surface area contributed by atoms with Gasteiger partial charge in [-0.1, -0.05) is 42.5 Å². The third kappa shape index (κ3) is 4.46. The maximum Gasteiger partial charge on any atom is 0.156 e. The van der Waals surface area contributed by atoms with Crippen molar-refractivity contribution in [1.82, 2.24) is 15.0 Å². The molecule has 0 aliphatic heterocycles. The number of aryl methyl sites for hydroxylation is 1. The van der Waals surface area contributed by atoms with E-state index >= 15 is 0 Å². The van der Waals surface area contributed by atoms with Gasteiger partial charge in [0.05, 0.1) is 11.9 Å². The maximum atomic E-state index is 8.78. The van der Waals surface area contributed by atoms with Crippen LogP contribution in [0.15, 0.2) is 60.9 Å². The highest BCUT2D eigenvalue weighted by Crippen LogP contribution is 2.28. The second kappa shape index (κ2) is 8.22. The lowest BCUT2D eigenvalue weighted by atomic mass is 9.96. The van der Waals surface area contributed by atoms with Crippen molar-refractivity contribution in [2.24, 2.45) is 5.14 Å². The second-order valence-corrected chi connectivity index (χ2v) is 6.57. The number of hydrogen-bond donors (Lipinski definition) is 2. The Morgan fingerprint density at radius 3 is 2.41 bits per heavy atom. The number of hydrogen-bond acceptors (Lipinski definition) is 4. The van der Waals surface area contributed by atoms with E-state index in [4.69, 9.17) is 8.76 Å². The Morgan fingerprint density at radius 2 is 1.70 bits per heavy atom. The van der Waals surface area contributed by atoms with Gasteiger partial charge < -0.3 is 9.54 Å². The summed E-state index contributed by atoms with van der Waals surface area (Å²) >= 11 is -2.36. The number of nitrogens with zero attached hydrogens (tertiary/aromatic N) is 2. The normalized spacial score (nSPS) is 11.7. The number of aromatic amines is 1. The average Bonchev–Trinajstić information content (AvgIpc) is 3.11. The summed E-state index contributed by atoms with van der Waals surface area (Å²) in [6, 6.07) is 16.9. The van der Waals surface area contributed by atoms with Crippen LogP contribution >= 0.6 is 0 Å². The molecule has 0 aliphatic rings. The number of benzene rings is 2. The lowest BCUT2D eigenvalue weighted by molar-refractivity contribution is 0.539. The molecular weight excluding hydrogens is 360 g/mol. The number of nitrogens with one attached hydrogen (secondary N) is 1. The molecule has 1 unspecified atom stereocenters. The number of nitrogens with two attached hydrogens (primary N) is 1. The summed E-state index contributed by atoms with van der Waals surface area (Å²) in [6.45, 7) is 4.32. The minimum atomic E-state index is -2.36. The van der Waals surface area contributed by atoms with Gasteiger partial charge in [0.1, 0.15) is 5.52 Å². The first-order valence-corrected chi connectivity index (χ1v) is 9.40. The zero-order valence-corrected chi connectivity index (χ0v) is 15.8. The molecule has 0 saturated heterocycles. The van der Waals surface area contributed by atoms with Crippen LogP contribution in [0.3, 0.4) is 0 Å². The van der Waals surface area contributed by atoms with E-state index in [-0.39, 0.29) is 0 Å². The van der Waals surface area contributed by atoms with E-state index in [1.807, 2.05) is 18.5 Å². The maximum absolute atomic E-state index is 8.78. The first-order valence-electron chi connectivity index (χ1n) is 8.26.